The van der Waals surface area contributed by atoms with Gasteiger partial charge in [0.15, 0.2) is 5.78 Å². The molecule has 1 aromatic heterocycles. The fourth-order valence-electron chi connectivity index (χ4n) is 1.83. The molecule has 0 aliphatic rings. The van der Waals surface area contributed by atoms with Gasteiger partial charge in [0.2, 0.25) is 5.91 Å². The monoisotopic (exact) mass is 306 g/mol. The van der Waals surface area contributed by atoms with Crippen LogP contribution in [-0.4, -0.2) is 23.2 Å². The third-order valence-electron chi connectivity index (χ3n) is 2.94. The second kappa shape index (κ2) is 7.64. The highest BCUT2D eigenvalue weighted by Gasteiger charge is 2.12. The number of carbonyl (C=O) groups is 2. The molecule has 0 radical (unpaired) electrons. The summed E-state index contributed by atoms with van der Waals surface area (Å²) in [5.74, 6) is -1.12. The largest absolute Gasteiger partial charge is 0.356 e. The third-order valence-corrected chi connectivity index (χ3v) is 3.58. The van der Waals surface area contributed by atoms with Crippen molar-refractivity contribution in [3.05, 3.63) is 52.2 Å². The second-order valence-electron chi connectivity index (χ2n) is 4.48. The summed E-state index contributed by atoms with van der Waals surface area (Å²) in [7, 11) is 0. The Morgan fingerprint density at radius 2 is 2.05 bits per heavy atom. The number of benzene rings is 1. The van der Waals surface area contributed by atoms with Crippen molar-refractivity contribution in [1.82, 2.24) is 10.3 Å². The Bertz CT molecular complexity index is 614. The van der Waals surface area contributed by atoms with Crippen molar-refractivity contribution < 1.29 is 14.0 Å². The SMILES string of the molecule is O=C(CCC(=O)c1ccccc1F)NCCc1cscn1. The maximum Gasteiger partial charge on any atom is 0.220 e. The summed E-state index contributed by atoms with van der Waals surface area (Å²) in [6, 6.07) is 5.79. The molecule has 0 fully saturated rings. The van der Waals surface area contributed by atoms with Crippen LogP contribution in [0.3, 0.4) is 0 Å². The van der Waals surface area contributed by atoms with E-state index in [-0.39, 0.29) is 30.1 Å². The number of amides is 1. The summed E-state index contributed by atoms with van der Waals surface area (Å²) >= 11 is 1.51. The summed E-state index contributed by atoms with van der Waals surface area (Å²) in [6.45, 7) is 0.483. The number of nitrogens with one attached hydrogen (secondary N) is 1. The highest BCUT2D eigenvalue weighted by Crippen LogP contribution is 2.10. The Labute approximate surface area is 126 Å². The number of ketones is 1. The highest BCUT2D eigenvalue weighted by atomic mass is 32.1. The lowest BCUT2D eigenvalue weighted by Gasteiger charge is -2.04. The van der Waals surface area contributed by atoms with Crippen LogP contribution < -0.4 is 5.32 Å². The van der Waals surface area contributed by atoms with Gasteiger partial charge in [0.1, 0.15) is 5.82 Å². The van der Waals surface area contributed by atoms with Crippen molar-refractivity contribution in [2.24, 2.45) is 0 Å². The lowest BCUT2D eigenvalue weighted by Crippen LogP contribution is -2.26. The molecule has 1 N–H and O–H groups in total. The first-order valence-electron chi connectivity index (χ1n) is 6.58. The number of rotatable bonds is 7. The van der Waals surface area contributed by atoms with Crippen LogP contribution in [0.15, 0.2) is 35.2 Å². The van der Waals surface area contributed by atoms with Gasteiger partial charge in [0, 0.05) is 31.2 Å². The topological polar surface area (TPSA) is 59.1 Å². The van der Waals surface area contributed by atoms with Crippen LogP contribution in [0.25, 0.3) is 0 Å². The summed E-state index contributed by atoms with van der Waals surface area (Å²) in [4.78, 5) is 27.5. The predicted octanol–water partition coefficient (Wildman–Crippen LogP) is 2.60. The molecule has 0 atom stereocenters. The van der Waals surface area contributed by atoms with Crippen molar-refractivity contribution in [2.75, 3.05) is 6.54 Å². The number of hydrogen-bond donors (Lipinski definition) is 1. The van der Waals surface area contributed by atoms with E-state index >= 15 is 0 Å². The van der Waals surface area contributed by atoms with Crippen LogP contribution in [0.4, 0.5) is 4.39 Å². The van der Waals surface area contributed by atoms with Crippen LogP contribution in [0.2, 0.25) is 0 Å². The molecular weight excluding hydrogens is 291 g/mol. The van der Waals surface area contributed by atoms with E-state index in [9.17, 15) is 14.0 Å². The molecule has 1 amide bonds. The highest BCUT2D eigenvalue weighted by molar-refractivity contribution is 7.07. The van der Waals surface area contributed by atoms with Gasteiger partial charge in [-0.1, -0.05) is 12.1 Å². The van der Waals surface area contributed by atoms with Crippen molar-refractivity contribution in [2.45, 2.75) is 19.3 Å². The van der Waals surface area contributed by atoms with E-state index in [0.717, 1.165) is 5.69 Å². The van der Waals surface area contributed by atoms with Crippen LogP contribution in [-0.2, 0) is 11.2 Å². The molecule has 1 aromatic carbocycles. The Balaban J connectivity index is 1.71. The minimum absolute atomic E-state index is 0.00344. The number of hydrogen-bond acceptors (Lipinski definition) is 4. The summed E-state index contributed by atoms with van der Waals surface area (Å²) in [5.41, 5.74) is 2.71. The average molecular weight is 306 g/mol. The van der Waals surface area contributed by atoms with Gasteiger partial charge in [-0.2, -0.15) is 0 Å². The molecule has 110 valence electrons. The van der Waals surface area contributed by atoms with E-state index in [1.54, 1.807) is 11.6 Å². The molecule has 0 unspecified atom stereocenters. The molecular formula is C15H15FN2O2S. The van der Waals surface area contributed by atoms with Gasteiger partial charge in [0.25, 0.3) is 0 Å². The summed E-state index contributed by atoms with van der Waals surface area (Å²) in [6.07, 6.45) is 0.726. The summed E-state index contributed by atoms with van der Waals surface area (Å²) in [5, 5.41) is 4.65. The zero-order valence-electron chi connectivity index (χ0n) is 11.3. The molecule has 2 rings (SSSR count). The number of halogens is 1. The molecule has 0 aliphatic carbocycles. The number of aromatic nitrogens is 1. The van der Waals surface area contributed by atoms with E-state index in [1.165, 1.54) is 29.5 Å². The standard InChI is InChI=1S/C15H15FN2O2S/c16-13-4-2-1-3-12(13)14(19)5-6-15(20)17-8-7-11-9-21-10-18-11/h1-4,9-10H,5-8H2,(H,17,20). The van der Waals surface area contributed by atoms with E-state index in [4.69, 9.17) is 0 Å². The zero-order chi connectivity index (χ0) is 15.1. The van der Waals surface area contributed by atoms with Crippen molar-refractivity contribution >= 4 is 23.0 Å². The minimum Gasteiger partial charge on any atom is -0.356 e. The second-order valence-corrected chi connectivity index (χ2v) is 5.20. The van der Waals surface area contributed by atoms with Gasteiger partial charge in [-0.3, -0.25) is 9.59 Å². The van der Waals surface area contributed by atoms with Gasteiger partial charge >= 0.3 is 0 Å². The molecule has 6 heteroatoms. The smallest absolute Gasteiger partial charge is 0.220 e. The maximum absolute atomic E-state index is 13.4. The minimum atomic E-state index is -0.550. The fourth-order valence-corrected chi connectivity index (χ4v) is 2.42. The molecule has 21 heavy (non-hydrogen) atoms. The van der Waals surface area contributed by atoms with Crippen LogP contribution in [0.5, 0.6) is 0 Å². The Morgan fingerprint density at radius 1 is 1.24 bits per heavy atom. The van der Waals surface area contributed by atoms with E-state index in [1.807, 2.05) is 5.38 Å². The quantitative estimate of drug-likeness (QED) is 0.800. The van der Waals surface area contributed by atoms with Crippen molar-refractivity contribution in [3.63, 3.8) is 0 Å². The van der Waals surface area contributed by atoms with E-state index in [2.05, 4.69) is 10.3 Å². The molecule has 0 saturated heterocycles. The average Bonchev–Trinajstić information content (AvgIpc) is 2.98. The van der Waals surface area contributed by atoms with E-state index in [0.29, 0.717) is 13.0 Å². The normalized spacial score (nSPS) is 10.3. The van der Waals surface area contributed by atoms with Crippen LogP contribution in [0.1, 0.15) is 28.9 Å². The van der Waals surface area contributed by atoms with E-state index < -0.39 is 5.82 Å². The van der Waals surface area contributed by atoms with Crippen molar-refractivity contribution in [3.8, 4) is 0 Å². The Morgan fingerprint density at radius 3 is 2.76 bits per heavy atom. The van der Waals surface area contributed by atoms with Gasteiger partial charge in [0.05, 0.1) is 16.8 Å². The first-order valence-corrected chi connectivity index (χ1v) is 7.52. The van der Waals surface area contributed by atoms with Crippen LogP contribution in [0, 0.1) is 5.82 Å². The number of thiazole rings is 1. The lowest BCUT2D eigenvalue weighted by atomic mass is 10.1. The summed E-state index contributed by atoms with van der Waals surface area (Å²) < 4.78 is 13.4. The van der Waals surface area contributed by atoms with Crippen molar-refractivity contribution in [1.29, 1.82) is 0 Å². The van der Waals surface area contributed by atoms with Gasteiger partial charge in [-0.25, -0.2) is 9.37 Å². The number of nitrogens with zero attached hydrogens (tertiary/aromatic N) is 1. The maximum atomic E-state index is 13.4. The molecule has 0 bridgehead atoms. The first-order chi connectivity index (χ1) is 10.2. The Hall–Kier alpha value is -2.08. The van der Waals surface area contributed by atoms with Crippen LogP contribution >= 0.6 is 11.3 Å². The molecule has 0 spiro atoms. The third kappa shape index (κ3) is 4.75. The molecule has 0 saturated carbocycles. The molecule has 0 aliphatic heterocycles. The number of Topliss-reactive ketones (excluding diaryl/α,β-unsaturated/α-hetero) is 1. The Kier molecular flexibility index (Phi) is 5.57. The lowest BCUT2D eigenvalue weighted by molar-refractivity contribution is -0.121. The fraction of sp³-hybridized carbons (Fsp3) is 0.267. The molecule has 1 heterocycles. The van der Waals surface area contributed by atoms with Gasteiger partial charge in [-0.15, -0.1) is 11.3 Å². The first kappa shape index (κ1) is 15.3. The van der Waals surface area contributed by atoms with Gasteiger partial charge < -0.3 is 5.32 Å². The number of carbonyl (C=O) groups excluding carboxylic acids is 2. The van der Waals surface area contributed by atoms with Gasteiger partial charge in [-0.05, 0) is 12.1 Å². The zero-order valence-corrected chi connectivity index (χ0v) is 12.2. The molecule has 4 nitrogen and oxygen atoms in total. The molecule has 2 aromatic rings. The predicted molar refractivity (Wildman–Crippen MR) is 78.8 cm³/mol.